The van der Waals surface area contributed by atoms with Crippen LogP contribution in [0.1, 0.15) is 23.7 Å². The molecule has 0 heterocycles. The van der Waals surface area contributed by atoms with Crippen molar-refractivity contribution in [1.82, 2.24) is 0 Å². The van der Waals surface area contributed by atoms with Crippen molar-refractivity contribution in [2.24, 2.45) is 0 Å². The number of halogens is 1. The van der Waals surface area contributed by atoms with Crippen LogP contribution in [0.4, 0.5) is 0 Å². The molecule has 3 nitrogen and oxygen atoms in total. The second-order valence-electron chi connectivity index (χ2n) is 4.51. The van der Waals surface area contributed by atoms with Crippen molar-refractivity contribution in [2.45, 2.75) is 13.3 Å². The first-order valence-electron chi connectivity index (χ1n) is 6.84. The number of rotatable bonds is 7. The molecule has 0 atom stereocenters. The molecule has 4 heteroatoms. The SMILES string of the molecule is CCCOc1ccc(OCC(=O)c2ccccc2Cl)cc1. The van der Waals surface area contributed by atoms with Crippen LogP contribution in [0.5, 0.6) is 11.5 Å². The molecule has 0 aliphatic rings. The van der Waals surface area contributed by atoms with Gasteiger partial charge in [-0.05, 0) is 42.8 Å². The number of ether oxygens (including phenoxy) is 2. The normalized spacial score (nSPS) is 10.2. The molecule has 0 bridgehead atoms. The van der Waals surface area contributed by atoms with Crippen LogP contribution in [0, 0.1) is 0 Å². The van der Waals surface area contributed by atoms with Gasteiger partial charge in [0.25, 0.3) is 0 Å². The van der Waals surface area contributed by atoms with E-state index in [0.717, 1.165) is 12.2 Å². The Kier molecular flexibility index (Phi) is 5.64. The minimum atomic E-state index is -0.146. The fourth-order valence-electron chi connectivity index (χ4n) is 1.77. The van der Waals surface area contributed by atoms with Gasteiger partial charge in [-0.2, -0.15) is 0 Å². The van der Waals surface area contributed by atoms with Crippen molar-refractivity contribution >= 4 is 17.4 Å². The number of ketones is 1. The van der Waals surface area contributed by atoms with Crippen LogP contribution in [0.25, 0.3) is 0 Å². The summed E-state index contributed by atoms with van der Waals surface area (Å²) in [6.07, 6.45) is 0.963. The third-order valence-corrected chi connectivity index (χ3v) is 3.17. The highest BCUT2D eigenvalue weighted by Gasteiger charge is 2.10. The summed E-state index contributed by atoms with van der Waals surface area (Å²) in [6.45, 7) is 2.70. The van der Waals surface area contributed by atoms with Crippen LogP contribution < -0.4 is 9.47 Å². The summed E-state index contributed by atoms with van der Waals surface area (Å²) in [5, 5.41) is 0.439. The first-order valence-corrected chi connectivity index (χ1v) is 7.22. The van der Waals surface area contributed by atoms with Gasteiger partial charge in [-0.3, -0.25) is 4.79 Å². The Morgan fingerprint density at radius 1 is 1.00 bits per heavy atom. The molecule has 0 N–H and O–H groups in total. The lowest BCUT2D eigenvalue weighted by atomic mass is 10.1. The van der Waals surface area contributed by atoms with E-state index in [1.165, 1.54) is 0 Å². The molecule has 110 valence electrons. The van der Waals surface area contributed by atoms with E-state index in [1.54, 1.807) is 36.4 Å². The maximum Gasteiger partial charge on any atom is 0.201 e. The molecule has 0 unspecified atom stereocenters. The number of Topliss-reactive ketones (excluding diaryl/α,β-unsaturated/α-hetero) is 1. The second kappa shape index (κ2) is 7.70. The molecule has 0 saturated carbocycles. The molecule has 2 rings (SSSR count). The molecule has 0 saturated heterocycles. The minimum absolute atomic E-state index is 0.0428. The molecule has 0 spiro atoms. The van der Waals surface area contributed by atoms with E-state index in [1.807, 2.05) is 12.1 Å². The highest BCUT2D eigenvalue weighted by atomic mass is 35.5. The summed E-state index contributed by atoms with van der Waals surface area (Å²) in [5.41, 5.74) is 0.474. The number of benzene rings is 2. The minimum Gasteiger partial charge on any atom is -0.494 e. The van der Waals surface area contributed by atoms with E-state index in [2.05, 4.69) is 6.92 Å². The van der Waals surface area contributed by atoms with E-state index in [9.17, 15) is 4.79 Å². The standard InChI is InChI=1S/C17H17ClO3/c1-2-11-20-13-7-9-14(10-8-13)21-12-17(19)15-5-3-4-6-16(15)18/h3-10H,2,11-12H2,1H3. The molecule has 0 fully saturated rings. The van der Waals surface area contributed by atoms with Crippen LogP contribution in [0.15, 0.2) is 48.5 Å². The lowest BCUT2D eigenvalue weighted by Gasteiger charge is -2.08. The summed E-state index contributed by atoms with van der Waals surface area (Å²) >= 11 is 5.98. The molecule has 21 heavy (non-hydrogen) atoms. The Morgan fingerprint density at radius 3 is 2.24 bits per heavy atom. The summed E-state index contributed by atoms with van der Waals surface area (Å²) < 4.78 is 11.0. The number of hydrogen-bond donors (Lipinski definition) is 0. The zero-order chi connectivity index (χ0) is 15.1. The fourth-order valence-corrected chi connectivity index (χ4v) is 2.01. The van der Waals surface area contributed by atoms with Gasteiger partial charge in [-0.25, -0.2) is 0 Å². The molecule has 0 aliphatic heterocycles. The van der Waals surface area contributed by atoms with Gasteiger partial charge in [-0.15, -0.1) is 0 Å². The van der Waals surface area contributed by atoms with Crippen molar-refractivity contribution in [3.05, 3.63) is 59.1 Å². The van der Waals surface area contributed by atoms with Crippen molar-refractivity contribution in [1.29, 1.82) is 0 Å². The third-order valence-electron chi connectivity index (χ3n) is 2.84. The van der Waals surface area contributed by atoms with Gasteiger partial charge in [0, 0.05) is 5.56 Å². The molecule has 2 aromatic carbocycles. The predicted molar refractivity (Wildman–Crippen MR) is 83.5 cm³/mol. The smallest absolute Gasteiger partial charge is 0.201 e. The lowest BCUT2D eigenvalue weighted by molar-refractivity contribution is 0.0921. The number of carbonyl (C=O) groups excluding carboxylic acids is 1. The van der Waals surface area contributed by atoms with Gasteiger partial charge in [0.15, 0.2) is 6.61 Å². The van der Waals surface area contributed by atoms with Crippen molar-refractivity contribution < 1.29 is 14.3 Å². The van der Waals surface area contributed by atoms with Crippen LogP contribution in [0.2, 0.25) is 5.02 Å². The average Bonchev–Trinajstić information content (AvgIpc) is 2.52. The summed E-state index contributed by atoms with van der Waals surface area (Å²) in [6, 6.07) is 14.2. The average molecular weight is 305 g/mol. The van der Waals surface area contributed by atoms with E-state index in [4.69, 9.17) is 21.1 Å². The van der Waals surface area contributed by atoms with Crippen LogP contribution >= 0.6 is 11.6 Å². The van der Waals surface area contributed by atoms with Crippen LogP contribution in [-0.4, -0.2) is 19.0 Å². The van der Waals surface area contributed by atoms with Crippen molar-refractivity contribution in [3.63, 3.8) is 0 Å². The van der Waals surface area contributed by atoms with Gasteiger partial charge in [-0.1, -0.05) is 30.7 Å². The Balaban J connectivity index is 1.91. The molecule has 0 aliphatic carbocycles. The zero-order valence-corrected chi connectivity index (χ0v) is 12.6. The Labute approximate surface area is 129 Å². The molecule has 0 amide bonds. The Hall–Kier alpha value is -2.00. The van der Waals surface area contributed by atoms with Crippen molar-refractivity contribution in [2.75, 3.05) is 13.2 Å². The summed E-state index contributed by atoms with van der Waals surface area (Å²) in [7, 11) is 0. The molecular weight excluding hydrogens is 288 g/mol. The van der Waals surface area contributed by atoms with Gasteiger partial charge in [0.2, 0.25) is 5.78 Å². The number of carbonyl (C=O) groups is 1. The van der Waals surface area contributed by atoms with Gasteiger partial charge in [0.1, 0.15) is 11.5 Å². The summed E-state index contributed by atoms with van der Waals surface area (Å²) in [4.78, 5) is 12.0. The zero-order valence-electron chi connectivity index (χ0n) is 11.8. The topological polar surface area (TPSA) is 35.5 Å². The first kappa shape index (κ1) is 15.4. The largest absolute Gasteiger partial charge is 0.494 e. The second-order valence-corrected chi connectivity index (χ2v) is 4.92. The van der Waals surface area contributed by atoms with E-state index in [-0.39, 0.29) is 12.4 Å². The van der Waals surface area contributed by atoms with Gasteiger partial charge < -0.3 is 9.47 Å². The monoisotopic (exact) mass is 304 g/mol. The summed E-state index contributed by atoms with van der Waals surface area (Å²) in [5.74, 6) is 1.27. The first-order chi connectivity index (χ1) is 10.2. The molecule has 2 aromatic rings. The predicted octanol–water partition coefficient (Wildman–Crippen LogP) is 4.39. The number of hydrogen-bond acceptors (Lipinski definition) is 3. The maximum absolute atomic E-state index is 12.0. The highest BCUT2D eigenvalue weighted by molar-refractivity contribution is 6.34. The quantitative estimate of drug-likeness (QED) is 0.712. The van der Waals surface area contributed by atoms with E-state index >= 15 is 0 Å². The third kappa shape index (κ3) is 4.50. The van der Waals surface area contributed by atoms with Crippen LogP contribution in [0.3, 0.4) is 0 Å². The molecule has 0 radical (unpaired) electrons. The Morgan fingerprint density at radius 2 is 1.62 bits per heavy atom. The van der Waals surface area contributed by atoms with E-state index in [0.29, 0.717) is 22.9 Å². The van der Waals surface area contributed by atoms with Gasteiger partial charge >= 0.3 is 0 Å². The van der Waals surface area contributed by atoms with Crippen molar-refractivity contribution in [3.8, 4) is 11.5 Å². The fraction of sp³-hybridized carbons (Fsp3) is 0.235. The molecular formula is C17H17ClO3. The van der Waals surface area contributed by atoms with Crippen LogP contribution in [-0.2, 0) is 0 Å². The Bertz CT molecular complexity index is 593. The van der Waals surface area contributed by atoms with Gasteiger partial charge in [0.05, 0.1) is 11.6 Å². The van der Waals surface area contributed by atoms with E-state index < -0.39 is 0 Å². The maximum atomic E-state index is 12.0. The lowest BCUT2D eigenvalue weighted by Crippen LogP contribution is -2.12. The molecule has 0 aromatic heterocycles. The highest BCUT2D eigenvalue weighted by Crippen LogP contribution is 2.19.